The molecule has 7 heteroatoms. The van der Waals surface area contributed by atoms with E-state index in [9.17, 15) is 20.2 Å². The largest absolute Gasteiger partial charge is 0.384 e. The quantitative estimate of drug-likeness (QED) is 0.583. The maximum absolute atomic E-state index is 13.4. The Labute approximate surface area is 180 Å². The van der Waals surface area contributed by atoms with Crippen LogP contribution in [0.25, 0.3) is 0 Å². The van der Waals surface area contributed by atoms with Gasteiger partial charge in [0, 0.05) is 35.5 Å². The minimum absolute atomic E-state index is 0.00716. The second kappa shape index (κ2) is 7.40. The van der Waals surface area contributed by atoms with Gasteiger partial charge in [-0.25, -0.2) is 0 Å². The Hall–Kier alpha value is -3.92. The molecule has 156 valence electrons. The van der Waals surface area contributed by atoms with Gasteiger partial charge in [0.05, 0.1) is 22.5 Å². The highest BCUT2D eigenvalue weighted by molar-refractivity contribution is 6.01. The van der Waals surface area contributed by atoms with Crippen LogP contribution in [0.5, 0.6) is 0 Å². The first kappa shape index (κ1) is 20.4. The van der Waals surface area contributed by atoms with Gasteiger partial charge >= 0.3 is 0 Å². The molecule has 0 aromatic heterocycles. The summed E-state index contributed by atoms with van der Waals surface area (Å²) in [7, 11) is 0. The Morgan fingerprint density at radius 1 is 1.13 bits per heavy atom. The van der Waals surface area contributed by atoms with Crippen molar-refractivity contribution >= 4 is 17.2 Å². The summed E-state index contributed by atoms with van der Waals surface area (Å²) in [6, 6.07) is 17.6. The molecule has 1 unspecified atom stereocenters. The molecule has 1 aliphatic carbocycles. The maximum atomic E-state index is 13.4. The van der Waals surface area contributed by atoms with E-state index < -0.39 is 10.8 Å². The third kappa shape index (κ3) is 3.46. The van der Waals surface area contributed by atoms with E-state index in [0.717, 1.165) is 11.3 Å². The second-order valence-corrected chi connectivity index (χ2v) is 8.66. The number of allylic oxidation sites excluding steroid dienone is 3. The Kier molecular flexibility index (Phi) is 4.86. The lowest BCUT2D eigenvalue weighted by Crippen LogP contribution is -2.42. The fourth-order valence-corrected chi connectivity index (χ4v) is 4.51. The Balaban J connectivity index is 1.96. The molecule has 0 amide bonds. The lowest BCUT2D eigenvalue weighted by molar-refractivity contribution is -0.384. The van der Waals surface area contributed by atoms with Crippen LogP contribution in [0.4, 0.5) is 11.4 Å². The zero-order valence-corrected chi connectivity index (χ0v) is 17.3. The van der Waals surface area contributed by atoms with Crippen LogP contribution in [-0.4, -0.2) is 10.7 Å². The van der Waals surface area contributed by atoms with Gasteiger partial charge in [-0.05, 0) is 29.5 Å². The summed E-state index contributed by atoms with van der Waals surface area (Å²) >= 11 is 0. The van der Waals surface area contributed by atoms with Gasteiger partial charge in [0.2, 0.25) is 0 Å². The molecule has 0 radical (unpaired) electrons. The standard InChI is InChI=1S/C24H22N4O3/c1-24(2)12-19-22(20(29)13-24)21(15-6-4-3-5-7-15)18(14-25)23(26)27(19)16-8-10-17(11-9-16)28(30)31/h3-11,21H,12-13,26H2,1-2H3. The Morgan fingerprint density at radius 3 is 2.35 bits per heavy atom. The molecule has 0 saturated heterocycles. The highest BCUT2D eigenvalue weighted by atomic mass is 16.6. The number of carbonyl (C=O) groups excluding carboxylic acids is 1. The number of nitro benzene ring substituents is 1. The van der Waals surface area contributed by atoms with Crippen molar-refractivity contribution in [3.63, 3.8) is 0 Å². The summed E-state index contributed by atoms with van der Waals surface area (Å²) in [5, 5.41) is 21.1. The SMILES string of the molecule is CC1(C)CC(=O)C2=C(C1)N(c1ccc([N+](=O)[O-])cc1)C(N)=C(C#N)C2c1ccccc1. The molecular weight excluding hydrogens is 392 g/mol. The number of nitro groups is 1. The Morgan fingerprint density at radius 2 is 1.77 bits per heavy atom. The van der Waals surface area contributed by atoms with Crippen LogP contribution < -0.4 is 10.6 Å². The van der Waals surface area contributed by atoms with Gasteiger partial charge in [-0.3, -0.25) is 19.8 Å². The zero-order chi connectivity index (χ0) is 22.3. The first-order valence-electron chi connectivity index (χ1n) is 9.99. The average Bonchev–Trinajstić information content (AvgIpc) is 2.73. The van der Waals surface area contributed by atoms with Crippen molar-refractivity contribution in [1.29, 1.82) is 5.26 Å². The molecule has 0 saturated carbocycles. The molecule has 2 N–H and O–H groups in total. The van der Waals surface area contributed by atoms with E-state index >= 15 is 0 Å². The van der Waals surface area contributed by atoms with Gasteiger partial charge in [0.25, 0.3) is 5.69 Å². The first-order valence-corrected chi connectivity index (χ1v) is 9.99. The van der Waals surface area contributed by atoms with Gasteiger partial charge in [0.1, 0.15) is 5.82 Å². The summed E-state index contributed by atoms with van der Waals surface area (Å²) < 4.78 is 0. The van der Waals surface area contributed by atoms with Gasteiger partial charge in [-0.15, -0.1) is 0 Å². The predicted octanol–water partition coefficient (Wildman–Crippen LogP) is 4.54. The van der Waals surface area contributed by atoms with Crippen molar-refractivity contribution in [2.24, 2.45) is 11.1 Å². The molecule has 1 heterocycles. The van der Waals surface area contributed by atoms with Crippen molar-refractivity contribution in [3.05, 3.63) is 92.9 Å². The Bertz CT molecular complexity index is 1170. The van der Waals surface area contributed by atoms with Crippen LogP contribution in [0.3, 0.4) is 0 Å². The fraction of sp³-hybridized carbons (Fsp3) is 0.250. The minimum atomic E-state index is -0.529. The van der Waals surface area contributed by atoms with Crippen LogP contribution in [0, 0.1) is 26.9 Å². The van der Waals surface area contributed by atoms with Gasteiger partial charge in [-0.1, -0.05) is 44.2 Å². The number of ketones is 1. The van der Waals surface area contributed by atoms with Crippen LogP contribution in [0.1, 0.15) is 38.2 Å². The highest BCUT2D eigenvalue weighted by Gasteiger charge is 2.44. The second-order valence-electron chi connectivity index (χ2n) is 8.66. The summed E-state index contributed by atoms with van der Waals surface area (Å²) in [4.78, 5) is 25.7. The molecule has 31 heavy (non-hydrogen) atoms. The topological polar surface area (TPSA) is 113 Å². The number of benzene rings is 2. The van der Waals surface area contributed by atoms with Gasteiger partial charge in [-0.2, -0.15) is 5.26 Å². The van der Waals surface area contributed by atoms with Crippen LogP contribution in [0.2, 0.25) is 0 Å². The average molecular weight is 414 g/mol. The molecule has 0 bridgehead atoms. The van der Waals surface area contributed by atoms with Crippen molar-refractivity contribution < 1.29 is 9.72 Å². The number of nitrogens with zero attached hydrogens (tertiary/aromatic N) is 3. The number of rotatable bonds is 3. The number of hydrogen-bond donors (Lipinski definition) is 1. The summed E-state index contributed by atoms with van der Waals surface area (Å²) in [6.45, 7) is 4.06. The number of non-ortho nitro benzene ring substituents is 1. The van der Waals surface area contributed by atoms with E-state index in [1.54, 1.807) is 17.0 Å². The monoisotopic (exact) mass is 414 g/mol. The van der Waals surface area contributed by atoms with E-state index in [4.69, 9.17) is 5.73 Å². The first-order chi connectivity index (χ1) is 14.7. The molecule has 2 aliphatic rings. The molecular formula is C24H22N4O3. The van der Waals surface area contributed by atoms with Gasteiger partial charge < -0.3 is 5.73 Å². The lowest BCUT2D eigenvalue weighted by atomic mass is 9.68. The summed E-state index contributed by atoms with van der Waals surface area (Å²) in [6.07, 6.45) is 0.968. The van der Waals surface area contributed by atoms with Crippen molar-refractivity contribution in [2.45, 2.75) is 32.6 Å². The van der Waals surface area contributed by atoms with E-state index in [1.807, 2.05) is 44.2 Å². The fourth-order valence-electron chi connectivity index (χ4n) is 4.51. The molecule has 2 aromatic rings. The van der Waals surface area contributed by atoms with E-state index in [2.05, 4.69) is 6.07 Å². The highest BCUT2D eigenvalue weighted by Crippen LogP contribution is 2.50. The molecule has 2 aromatic carbocycles. The number of carbonyl (C=O) groups is 1. The smallest absolute Gasteiger partial charge is 0.269 e. The number of nitriles is 1. The zero-order valence-electron chi connectivity index (χ0n) is 17.3. The van der Waals surface area contributed by atoms with Crippen LogP contribution in [0.15, 0.2) is 77.3 Å². The minimum Gasteiger partial charge on any atom is -0.384 e. The molecule has 1 aliphatic heterocycles. The van der Waals surface area contributed by atoms with E-state index in [1.165, 1.54) is 12.1 Å². The number of nitrogens with two attached hydrogens (primary N) is 1. The van der Waals surface area contributed by atoms with Crippen LogP contribution in [-0.2, 0) is 4.79 Å². The van der Waals surface area contributed by atoms with Crippen LogP contribution >= 0.6 is 0 Å². The lowest BCUT2D eigenvalue weighted by Gasteiger charge is -2.43. The number of Topliss-reactive ketones (excluding diaryl/α,β-unsaturated/α-hetero) is 1. The normalized spacial score (nSPS) is 20.4. The van der Waals surface area contributed by atoms with E-state index in [0.29, 0.717) is 29.7 Å². The molecule has 0 spiro atoms. The number of anilines is 1. The number of hydrogen-bond acceptors (Lipinski definition) is 6. The third-order valence-electron chi connectivity index (χ3n) is 5.83. The molecule has 1 atom stereocenters. The molecule has 4 rings (SSSR count). The van der Waals surface area contributed by atoms with Crippen molar-refractivity contribution in [3.8, 4) is 6.07 Å². The third-order valence-corrected chi connectivity index (χ3v) is 5.83. The molecule has 0 fully saturated rings. The van der Waals surface area contributed by atoms with Crippen molar-refractivity contribution in [1.82, 2.24) is 0 Å². The predicted molar refractivity (Wildman–Crippen MR) is 117 cm³/mol. The van der Waals surface area contributed by atoms with E-state index in [-0.39, 0.29) is 22.7 Å². The van der Waals surface area contributed by atoms with Gasteiger partial charge in [0.15, 0.2) is 5.78 Å². The maximum Gasteiger partial charge on any atom is 0.269 e. The molecule has 7 nitrogen and oxygen atoms in total. The van der Waals surface area contributed by atoms with Crippen molar-refractivity contribution in [2.75, 3.05) is 4.90 Å². The summed E-state index contributed by atoms with van der Waals surface area (Å²) in [5.74, 6) is -0.291. The summed E-state index contributed by atoms with van der Waals surface area (Å²) in [5.41, 5.74) is 9.27.